The molecular formula is C16H17BrF4N2. The Kier molecular flexibility index (Phi) is 7.15. The molecule has 1 atom stereocenters. The van der Waals surface area contributed by atoms with E-state index in [9.17, 15) is 17.6 Å². The monoisotopic (exact) mass is 392 g/mol. The lowest BCUT2D eigenvalue weighted by Crippen LogP contribution is -2.31. The van der Waals surface area contributed by atoms with Crippen LogP contribution in [0.2, 0.25) is 0 Å². The lowest BCUT2D eigenvalue weighted by Gasteiger charge is -2.26. The molecule has 0 aliphatic heterocycles. The predicted molar refractivity (Wildman–Crippen MR) is 85.3 cm³/mol. The number of nitrogens with two attached hydrogens (primary N) is 1. The van der Waals surface area contributed by atoms with Crippen molar-refractivity contribution in [3.63, 3.8) is 0 Å². The molecule has 0 radical (unpaired) electrons. The molecule has 0 aliphatic carbocycles. The third kappa shape index (κ3) is 4.51. The van der Waals surface area contributed by atoms with Gasteiger partial charge in [0.05, 0.1) is 5.92 Å². The van der Waals surface area contributed by atoms with Gasteiger partial charge in [0.1, 0.15) is 17.3 Å². The molecule has 0 amide bonds. The summed E-state index contributed by atoms with van der Waals surface area (Å²) in [6.07, 6.45) is 1.22. The number of rotatable bonds is 4. The van der Waals surface area contributed by atoms with E-state index in [4.69, 9.17) is 5.73 Å². The second kappa shape index (κ2) is 8.40. The van der Waals surface area contributed by atoms with Gasteiger partial charge in [-0.2, -0.15) is 8.78 Å². The molecule has 2 rings (SSSR count). The lowest BCUT2D eigenvalue weighted by molar-refractivity contribution is -0.0366. The van der Waals surface area contributed by atoms with Gasteiger partial charge >= 0.3 is 0 Å². The SMILES string of the molecule is CC.NCC(c1ccc(F)cc1F)C(F)(F)c1ccc(Br)cn1. The number of aromatic nitrogens is 1. The molecule has 0 bridgehead atoms. The van der Waals surface area contributed by atoms with Gasteiger partial charge in [-0.1, -0.05) is 19.9 Å². The Morgan fingerprint density at radius 1 is 1.17 bits per heavy atom. The van der Waals surface area contributed by atoms with Gasteiger partial charge in [-0.25, -0.2) is 8.78 Å². The van der Waals surface area contributed by atoms with Crippen LogP contribution < -0.4 is 5.73 Å². The Morgan fingerprint density at radius 2 is 1.83 bits per heavy atom. The molecule has 0 spiro atoms. The van der Waals surface area contributed by atoms with Crippen molar-refractivity contribution >= 4 is 15.9 Å². The number of hydrogen-bond donors (Lipinski definition) is 1. The standard InChI is InChI=1S/C14H11BrF4N2.C2H6/c15-8-1-4-13(21-7-8)14(18,19)11(6-20)10-3-2-9(16)5-12(10)17;1-2/h1-5,7,11H,6,20H2;1-2H3. The Hall–Kier alpha value is -1.47. The molecule has 1 heterocycles. The number of nitrogens with zero attached hydrogens (tertiary/aromatic N) is 1. The predicted octanol–water partition coefficient (Wildman–Crippen LogP) is 4.98. The van der Waals surface area contributed by atoms with E-state index < -0.39 is 35.7 Å². The number of halogens is 5. The fourth-order valence-corrected chi connectivity index (χ4v) is 2.24. The van der Waals surface area contributed by atoms with Crippen molar-refractivity contribution in [3.8, 4) is 0 Å². The molecule has 2 nitrogen and oxygen atoms in total. The van der Waals surface area contributed by atoms with Gasteiger partial charge in [0.15, 0.2) is 0 Å². The summed E-state index contributed by atoms with van der Waals surface area (Å²) in [4.78, 5) is 3.64. The normalized spacial score (nSPS) is 12.3. The highest BCUT2D eigenvalue weighted by Gasteiger charge is 2.44. The average molecular weight is 393 g/mol. The molecule has 0 fully saturated rings. The van der Waals surface area contributed by atoms with Crippen molar-refractivity contribution in [2.45, 2.75) is 25.7 Å². The minimum Gasteiger partial charge on any atom is -0.330 e. The zero-order valence-electron chi connectivity index (χ0n) is 12.7. The van der Waals surface area contributed by atoms with E-state index >= 15 is 0 Å². The second-order valence-corrected chi connectivity index (χ2v) is 5.35. The first-order valence-electron chi connectivity index (χ1n) is 7.01. The first kappa shape index (κ1) is 19.6. The van der Waals surface area contributed by atoms with Gasteiger partial charge in [0.25, 0.3) is 5.92 Å². The minimum absolute atomic E-state index is 0.339. The molecule has 1 aromatic heterocycles. The van der Waals surface area contributed by atoms with Gasteiger partial charge in [-0.05, 0) is 39.7 Å². The van der Waals surface area contributed by atoms with Crippen LogP contribution in [0.4, 0.5) is 17.6 Å². The highest BCUT2D eigenvalue weighted by molar-refractivity contribution is 9.10. The summed E-state index contributed by atoms with van der Waals surface area (Å²) in [7, 11) is 0. The number of benzene rings is 1. The Balaban J connectivity index is 0.00000127. The maximum atomic E-state index is 14.5. The molecular weight excluding hydrogens is 376 g/mol. The third-order valence-corrected chi connectivity index (χ3v) is 3.55. The number of hydrogen-bond acceptors (Lipinski definition) is 2. The van der Waals surface area contributed by atoms with E-state index in [1.54, 1.807) is 0 Å². The van der Waals surface area contributed by atoms with Gasteiger partial charge in [-0.15, -0.1) is 0 Å². The van der Waals surface area contributed by atoms with Gasteiger partial charge in [0.2, 0.25) is 0 Å². The minimum atomic E-state index is -3.48. The van der Waals surface area contributed by atoms with E-state index in [1.165, 1.54) is 12.3 Å². The van der Waals surface area contributed by atoms with Crippen LogP contribution in [0.5, 0.6) is 0 Å². The molecule has 7 heteroatoms. The summed E-state index contributed by atoms with van der Waals surface area (Å²) in [6, 6.07) is 5.00. The van der Waals surface area contributed by atoms with Crippen molar-refractivity contribution < 1.29 is 17.6 Å². The van der Waals surface area contributed by atoms with Crippen LogP contribution in [0, 0.1) is 11.6 Å². The highest BCUT2D eigenvalue weighted by atomic mass is 79.9. The first-order valence-corrected chi connectivity index (χ1v) is 7.80. The molecule has 23 heavy (non-hydrogen) atoms. The highest BCUT2D eigenvalue weighted by Crippen LogP contribution is 2.41. The fourth-order valence-electron chi connectivity index (χ4n) is 2.01. The van der Waals surface area contributed by atoms with Crippen LogP contribution in [0.3, 0.4) is 0 Å². The molecule has 0 saturated carbocycles. The van der Waals surface area contributed by atoms with Crippen molar-refractivity contribution in [1.29, 1.82) is 0 Å². The van der Waals surface area contributed by atoms with Crippen molar-refractivity contribution in [2.75, 3.05) is 6.54 Å². The topological polar surface area (TPSA) is 38.9 Å². The van der Waals surface area contributed by atoms with E-state index in [0.29, 0.717) is 10.5 Å². The van der Waals surface area contributed by atoms with E-state index in [-0.39, 0.29) is 5.56 Å². The average Bonchev–Trinajstić information content (AvgIpc) is 2.52. The molecule has 1 unspecified atom stereocenters. The van der Waals surface area contributed by atoms with Crippen molar-refractivity contribution in [3.05, 3.63) is 63.9 Å². The van der Waals surface area contributed by atoms with E-state index in [0.717, 1.165) is 18.2 Å². The molecule has 126 valence electrons. The summed E-state index contributed by atoms with van der Waals surface area (Å²) in [5, 5.41) is 0. The molecule has 0 saturated heterocycles. The van der Waals surface area contributed by atoms with Crippen molar-refractivity contribution in [2.24, 2.45) is 5.73 Å². The zero-order chi connectivity index (χ0) is 17.6. The second-order valence-electron chi connectivity index (χ2n) is 4.44. The summed E-state index contributed by atoms with van der Waals surface area (Å²) < 4.78 is 56.2. The molecule has 2 N–H and O–H groups in total. The summed E-state index contributed by atoms with van der Waals surface area (Å²) in [6.45, 7) is 3.49. The smallest absolute Gasteiger partial charge is 0.297 e. The maximum absolute atomic E-state index is 14.5. The van der Waals surface area contributed by atoms with Gasteiger partial charge in [0, 0.05) is 23.3 Å². The Labute approximate surface area is 140 Å². The van der Waals surface area contributed by atoms with Crippen LogP contribution in [0.15, 0.2) is 41.0 Å². The quantitative estimate of drug-likeness (QED) is 0.744. The summed E-state index contributed by atoms with van der Waals surface area (Å²) in [5.74, 6) is -7.00. The molecule has 2 aromatic rings. The van der Waals surface area contributed by atoms with E-state index in [1.807, 2.05) is 13.8 Å². The lowest BCUT2D eigenvalue weighted by atomic mass is 9.90. The van der Waals surface area contributed by atoms with Crippen LogP contribution in [-0.2, 0) is 5.92 Å². The largest absolute Gasteiger partial charge is 0.330 e. The number of alkyl halides is 2. The Bertz CT molecular complexity index is 632. The van der Waals surface area contributed by atoms with Crippen LogP contribution in [0.25, 0.3) is 0 Å². The van der Waals surface area contributed by atoms with Gasteiger partial charge in [-0.3, -0.25) is 4.98 Å². The van der Waals surface area contributed by atoms with Crippen LogP contribution in [-0.4, -0.2) is 11.5 Å². The van der Waals surface area contributed by atoms with Crippen molar-refractivity contribution in [1.82, 2.24) is 4.98 Å². The first-order chi connectivity index (χ1) is 10.9. The molecule has 0 aliphatic rings. The van der Waals surface area contributed by atoms with E-state index in [2.05, 4.69) is 20.9 Å². The summed E-state index contributed by atoms with van der Waals surface area (Å²) >= 11 is 3.10. The third-order valence-electron chi connectivity index (χ3n) is 3.08. The maximum Gasteiger partial charge on any atom is 0.297 e. The van der Waals surface area contributed by atoms with Crippen LogP contribution in [0.1, 0.15) is 31.0 Å². The zero-order valence-corrected chi connectivity index (χ0v) is 14.2. The fraction of sp³-hybridized carbons (Fsp3) is 0.312. The number of pyridine rings is 1. The molecule has 1 aromatic carbocycles. The van der Waals surface area contributed by atoms with Crippen LogP contribution >= 0.6 is 15.9 Å². The summed E-state index contributed by atoms with van der Waals surface area (Å²) in [5.41, 5.74) is 4.53. The Morgan fingerprint density at radius 3 is 2.30 bits per heavy atom. The van der Waals surface area contributed by atoms with Gasteiger partial charge < -0.3 is 5.73 Å².